The highest BCUT2D eigenvalue weighted by atomic mass is 79.9. The molecule has 0 aliphatic carbocycles. The van der Waals surface area contributed by atoms with Gasteiger partial charge in [0.15, 0.2) is 0 Å². The van der Waals surface area contributed by atoms with E-state index in [9.17, 15) is 9.18 Å². The first-order valence-corrected chi connectivity index (χ1v) is 7.53. The second kappa shape index (κ2) is 7.20. The molecule has 0 aromatic heterocycles. The summed E-state index contributed by atoms with van der Waals surface area (Å²) < 4.78 is 19.8. The van der Waals surface area contributed by atoms with Crippen molar-refractivity contribution in [3.05, 3.63) is 0 Å². The molecule has 1 aliphatic rings. The van der Waals surface area contributed by atoms with Crippen molar-refractivity contribution in [1.29, 1.82) is 0 Å². The van der Waals surface area contributed by atoms with E-state index in [4.69, 9.17) is 10.6 Å². The van der Waals surface area contributed by atoms with Crippen LogP contribution in [-0.4, -0.2) is 52.2 Å². The fourth-order valence-corrected chi connectivity index (χ4v) is 2.03. The van der Waals surface area contributed by atoms with Crippen LogP contribution in [-0.2, 0) is 4.74 Å². The van der Waals surface area contributed by atoms with Crippen molar-refractivity contribution in [3.63, 3.8) is 0 Å². The third-order valence-corrected chi connectivity index (χ3v) is 3.71. The first-order valence-electron chi connectivity index (χ1n) is 6.74. The molecule has 0 spiro atoms. The third-order valence-electron chi connectivity index (χ3n) is 2.93. The Morgan fingerprint density at radius 3 is 2.57 bits per heavy atom. The predicted octanol–water partition coefficient (Wildman–Crippen LogP) is 2.46. The van der Waals surface area contributed by atoms with Crippen LogP contribution in [0.3, 0.4) is 0 Å². The van der Waals surface area contributed by atoms with Crippen LogP contribution in [0.2, 0.25) is 0 Å². The van der Waals surface area contributed by atoms with Crippen molar-refractivity contribution in [2.75, 3.05) is 13.1 Å². The number of nitrogens with zero attached hydrogens (tertiary/aromatic N) is 3. The maximum absolute atomic E-state index is 14.2. The van der Waals surface area contributed by atoms with Crippen LogP contribution in [0.1, 0.15) is 34.1 Å². The molecule has 2 atom stereocenters. The van der Waals surface area contributed by atoms with Crippen LogP contribution in [0, 0.1) is 0 Å². The standard InChI is InChI=1S/C13H22BrFN4O2/c1-8(11(14)18-16)17-10-5-6-19(7-9(10)15)12(20)21-13(2,3)4/h9-10H,5-7,16H2,1-4H3/b17-8?,18-11+/t9-,10?/m0/s1. The summed E-state index contributed by atoms with van der Waals surface area (Å²) in [4.78, 5) is 17.5. The van der Waals surface area contributed by atoms with Crippen LogP contribution in [0.5, 0.6) is 0 Å². The molecular formula is C13H22BrFN4O2. The number of hydrazone groups is 1. The Kier molecular flexibility index (Phi) is 6.12. The summed E-state index contributed by atoms with van der Waals surface area (Å²) in [5, 5.41) is 3.46. The average Bonchev–Trinajstić information content (AvgIpc) is 2.37. The highest BCUT2D eigenvalue weighted by molar-refractivity contribution is 9.19. The van der Waals surface area contributed by atoms with Crippen molar-refractivity contribution >= 4 is 32.4 Å². The zero-order valence-electron chi connectivity index (χ0n) is 12.8. The van der Waals surface area contributed by atoms with Crippen molar-refractivity contribution in [2.24, 2.45) is 15.9 Å². The number of likely N-dealkylation sites (tertiary alicyclic amines) is 1. The molecule has 0 aromatic carbocycles. The van der Waals surface area contributed by atoms with Crippen LogP contribution in [0.25, 0.3) is 0 Å². The van der Waals surface area contributed by atoms with Crippen molar-refractivity contribution in [2.45, 2.75) is 51.9 Å². The molecular weight excluding hydrogens is 343 g/mol. The molecule has 6 nitrogen and oxygen atoms in total. The van der Waals surface area contributed by atoms with Gasteiger partial charge in [0.2, 0.25) is 0 Å². The van der Waals surface area contributed by atoms with Crippen LogP contribution < -0.4 is 5.84 Å². The van der Waals surface area contributed by atoms with Gasteiger partial charge in [0.25, 0.3) is 0 Å². The third kappa shape index (κ3) is 5.61. The van der Waals surface area contributed by atoms with Crippen molar-refractivity contribution in [1.82, 2.24) is 4.90 Å². The highest BCUT2D eigenvalue weighted by Crippen LogP contribution is 2.20. The molecule has 0 bridgehead atoms. The van der Waals surface area contributed by atoms with Crippen molar-refractivity contribution in [3.8, 4) is 0 Å². The van der Waals surface area contributed by atoms with Gasteiger partial charge in [-0.25, -0.2) is 9.18 Å². The summed E-state index contributed by atoms with van der Waals surface area (Å²) in [6, 6.07) is -0.502. The number of ether oxygens (including phenoxy) is 1. The Bertz CT molecular complexity index is 448. The lowest BCUT2D eigenvalue weighted by atomic mass is 10.0. The first-order chi connectivity index (χ1) is 9.64. The van der Waals surface area contributed by atoms with Gasteiger partial charge in [0.1, 0.15) is 16.4 Å². The molecule has 1 heterocycles. The molecule has 1 fully saturated rings. The SMILES string of the molecule is CC(=NC1CCN(C(=O)OC(C)(C)C)C[C@@H]1F)/C(Br)=N\N. The number of piperidine rings is 1. The molecule has 21 heavy (non-hydrogen) atoms. The molecule has 0 radical (unpaired) electrons. The van der Waals surface area contributed by atoms with E-state index < -0.39 is 23.9 Å². The van der Waals surface area contributed by atoms with Crippen molar-refractivity contribution < 1.29 is 13.9 Å². The lowest BCUT2D eigenvalue weighted by Gasteiger charge is -2.34. The van der Waals surface area contributed by atoms with E-state index in [1.54, 1.807) is 27.7 Å². The molecule has 1 rings (SSSR count). The summed E-state index contributed by atoms with van der Waals surface area (Å²) >= 11 is 3.14. The zero-order valence-corrected chi connectivity index (χ0v) is 14.4. The van der Waals surface area contributed by atoms with Gasteiger partial charge < -0.3 is 15.5 Å². The van der Waals surface area contributed by atoms with Gasteiger partial charge in [-0.1, -0.05) is 0 Å². The number of carbonyl (C=O) groups is 1. The number of alkyl halides is 1. The molecule has 1 amide bonds. The van der Waals surface area contributed by atoms with E-state index >= 15 is 0 Å². The molecule has 0 aromatic rings. The number of amides is 1. The van der Waals surface area contributed by atoms with E-state index in [1.165, 1.54) is 4.90 Å². The lowest BCUT2D eigenvalue weighted by Crippen LogP contribution is -2.48. The number of carbonyl (C=O) groups excluding carboxylic acids is 1. The Morgan fingerprint density at radius 2 is 2.10 bits per heavy atom. The number of rotatable bonds is 2. The van der Waals surface area contributed by atoms with Gasteiger partial charge in [-0.3, -0.25) is 4.99 Å². The van der Waals surface area contributed by atoms with E-state index in [1.807, 2.05) is 0 Å². The number of nitrogens with two attached hydrogens (primary N) is 1. The molecule has 1 aliphatic heterocycles. The van der Waals surface area contributed by atoms with E-state index in [-0.39, 0.29) is 6.54 Å². The summed E-state index contributed by atoms with van der Waals surface area (Å²) in [6.07, 6.45) is -1.30. The van der Waals surface area contributed by atoms with Gasteiger partial charge in [-0.2, -0.15) is 5.10 Å². The largest absolute Gasteiger partial charge is 0.444 e. The van der Waals surface area contributed by atoms with E-state index in [2.05, 4.69) is 26.0 Å². The maximum Gasteiger partial charge on any atom is 0.410 e. The number of aliphatic imine (C=N–C) groups is 1. The second-order valence-corrected chi connectivity index (χ2v) is 6.68. The van der Waals surface area contributed by atoms with Crippen LogP contribution in [0.15, 0.2) is 10.1 Å². The lowest BCUT2D eigenvalue weighted by molar-refractivity contribution is 0.0117. The van der Waals surface area contributed by atoms with Crippen LogP contribution in [0.4, 0.5) is 9.18 Å². The fourth-order valence-electron chi connectivity index (χ4n) is 1.93. The van der Waals surface area contributed by atoms with Crippen LogP contribution >= 0.6 is 15.9 Å². The topological polar surface area (TPSA) is 80.3 Å². The number of hydrogen-bond donors (Lipinski definition) is 1. The minimum atomic E-state index is -1.24. The molecule has 8 heteroatoms. The minimum absolute atomic E-state index is 0.0201. The summed E-state index contributed by atoms with van der Waals surface area (Å²) in [7, 11) is 0. The summed E-state index contributed by atoms with van der Waals surface area (Å²) in [6.45, 7) is 7.43. The molecule has 1 saturated heterocycles. The zero-order chi connectivity index (χ0) is 16.2. The minimum Gasteiger partial charge on any atom is -0.444 e. The monoisotopic (exact) mass is 364 g/mol. The Labute approximate surface area is 132 Å². The quantitative estimate of drug-likeness (QED) is 0.464. The Balaban J connectivity index is 2.65. The Hall–Kier alpha value is -1.18. The molecule has 2 N–H and O–H groups in total. The van der Waals surface area contributed by atoms with E-state index in [0.29, 0.717) is 23.3 Å². The van der Waals surface area contributed by atoms with Gasteiger partial charge in [0.05, 0.1) is 18.3 Å². The molecule has 1 unspecified atom stereocenters. The van der Waals surface area contributed by atoms with Gasteiger partial charge in [-0.15, -0.1) is 0 Å². The second-order valence-electron chi connectivity index (χ2n) is 5.93. The fraction of sp³-hybridized carbons (Fsp3) is 0.769. The summed E-state index contributed by atoms with van der Waals surface area (Å²) in [5.41, 5.74) is -0.0485. The van der Waals surface area contributed by atoms with Gasteiger partial charge in [-0.05, 0) is 50.0 Å². The maximum atomic E-state index is 14.2. The molecule has 0 saturated carbocycles. The Morgan fingerprint density at radius 1 is 1.48 bits per heavy atom. The molecule has 120 valence electrons. The average molecular weight is 365 g/mol. The normalized spacial score (nSPS) is 25.0. The predicted molar refractivity (Wildman–Crippen MR) is 84.8 cm³/mol. The van der Waals surface area contributed by atoms with Gasteiger partial charge in [0, 0.05) is 6.54 Å². The number of hydrogen-bond acceptors (Lipinski definition) is 5. The summed E-state index contributed by atoms with van der Waals surface area (Å²) in [5.74, 6) is 5.13. The highest BCUT2D eigenvalue weighted by Gasteiger charge is 2.33. The first kappa shape index (κ1) is 17.9. The number of halogens is 2. The smallest absolute Gasteiger partial charge is 0.410 e. The van der Waals surface area contributed by atoms with E-state index in [0.717, 1.165) is 0 Å². The van der Waals surface area contributed by atoms with Gasteiger partial charge >= 0.3 is 6.09 Å².